The van der Waals surface area contributed by atoms with Crippen molar-refractivity contribution in [1.82, 2.24) is 14.8 Å². The van der Waals surface area contributed by atoms with Gasteiger partial charge in [0.05, 0.1) is 12.8 Å². The molecule has 0 spiro atoms. The molecule has 0 aliphatic rings. The zero-order valence-electron chi connectivity index (χ0n) is 19.0. The van der Waals surface area contributed by atoms with Gasteiger partial charge >= 0.3 is 0 Å². The number of anilines is 1. The number of methoxy groups -OCH3 is 1. The molecule has 33 heavy (non-hydrogen) atoms. The molecule has 4 rings (SSSR count). The van der Waals surface area contributed by atoms with E-state index in [0.29, 0.717) is 5.82 Å². The summed E-state index contributed by atoms with van der Waals surface area (Å²) in [6.07, 6.45) is 0. The van der Waals surface area contributed by atoms with Crippen molar-refractivity contribution in [2.24, 2.45) is 0 Å². The Kier molecular flexibility index (Phi) is 6.60. The number of halogens is 1. The summed E-state index contributed by atoms with van der Waals surface area (Å²) in [4.78, 5) is 17.8. The highest BCUT2D eigenvalue weighted by Crippen LogP contribution is 2.29. The summed E-state index contributed by atoms with van der Waals surface area (Å²) in [7, 11) is 1.62. The first-order valence-electron chi connectivity index (χ1n) is 10.6. The number of rotatable bonds is 6. The van der Waals surface area contributed by atoms with Gasteiger partial charge in [0.25, 0.3) is 5.91 Å². The molecule has 0 saturated carbocycles. The molecule has 0 saturated heterocycles. The van der Waals surface area contributed by atoms with Crippen molar-refractivity contribution in [1.29, 1.82) is 0 Å². The molecular formula is C26H25BrN4O2. The maximum absolute atomic E-state index is 13.2. The number of nitrogens with zero attached hydrogens (tertiary/aromatic N) is 3. The highest BCUT2D eigenvalue weighted by molar-refractivity contribution is 9.10. The van der Waals surface area contributed by atoms with Crippen molar-refractivity contribution in [2.75, 3.05) is 12.4 Å². The molecule has 0 atom stereocenters. The maximum Gasteiger partial charge on any atom is 0.295 e. The third-order valence-electron chi connectivity index (χ3n) is 5.32. The Hall–Kier alpha value is -3.45. The van der Waals surface area contributed by atoms with Crippen LogP contribution in [0.5, 0.6) is 5.75 Å². The van der Waals surface area contributed by atoms with Crippen LogP contribution in [0.3, 0.4) is 0 Å². The number of hydrogen-bond acceptors (Lipinski definition) is 4. The van der Waals surface area contributed by atoms with E-state index in [1.54, 1.807) is 11.8 Å². The van der Waals surface area contributed by atoms with E-state index < -0.39 is 0 Å². The molecule has 4 aromatic rings. The maximum atomic E-state index is 13.2. The minimum absolute atomic E-state index is 0.0963. The number of nitrogens with one attached hydrogen (secondary N) is 1. The highest BCUT2D eigenvalue weighted by atomic mass is 79.9. The lowest BCUT2D eigenvalue weighted by molar-refractivity contribution is 0.101. The van der Waals surface area contributed by atoms with Gasteiger partial charge in [-0.2, -0.15) is 0 Å². The summed E-state index contributed by atoms with van der Waals surface area (Å²) in [5.41, 5.74) is 4.57. The van der Waals surface area contributed by atoms with E-state index in [-0.39, 0.29) is 17.6 Å². The van der Waals surface area contributed by atoms with Crippen LogP contribution < -0.4 is 10.1 Å². The number of aromatic nitrogens is 3. The van der Waals surface area contributed by atoms with Gasteiger partial charge in [0.1, 0.15) is 5.75 Å². The minimum atomic E-state index is -0.361. The van der Waals surface area contributed by atoms with Crippen LogP contribution in [-0.4, -0.2) is 27.8 Å². The number of carbonyl (C=O) groups excluding carboxylic acids is 1. The van der Waals surface area contributed by atoms with E-state index in [2.05, 4.69) is 45.2 Å². The van der Waals surface area contributed by atoms with Crippen LogP contribution in [0, 0.1) is 6.92 Å². The third kappa shape index (κ3) is 4.98. The van der Waals surface area contributed by atoms with Gasteiger partial charge in [0.2, 0.25) is 5.82 Å². The molecule has 7 heteroatoms. The van der Waals surface area contributed by atoms with Gasteiger partial charge in [-0.05, 0) is 60.9 Å². The van der Waals surface area contributed by atoms with Crippen molar-refractivity contribution in [3.8, 4) is 22.8 Å². The lowest BCUT2D eigenvalue weighted by Gasteiger charge is -2.13. The topological polar surface area (TPSA) is 69.0 Å². The Morgan fingerprint density at radius 3 is 2.36 bits per heavy atom. The normalized spacial score (nSPS) is 11.0. The Labute approximate surface area is 201 Å². The van der Waals surface area contributed by atoms with Crippen molar-refractivity contribution < 1.29 is 9.53 Å². The molecule has 0 aliphatic carbocycles. The lowest BCUT2D eigenvalue weighted by atomic mass is 10.0. The van der Waals surface area contributed by atoms with Gasteiger partial charge in [-0.25, -0.2) is 9.67 Å². The predicted octanol–water partition coefficient (Wildman–Crippen LogP) is 6.39. The quantitative estimate of drug-likeness (QED) is 0.330. The second-order valence-electron chi connectivity index (χ2n) is 8.08. The zero-order chi connectivity index (χ0) is 23.5. The van der Waals surface area contributed by atoms with Crippen molar-refractivity contribution >= 4 is 27.5 Å². The standard InChI is InChI=1S/C26H25BrN4O2/c1-16(2)22-15-19(27)9-14-23(22)28-26(32)24-29-25(18-7-5-17(3)6-8-18)31(30-24)20-10-12-21(33-4)13-11-20/h5-16H,1-4H3,(H,28,32). The Bertz CT molecular complexity index is 1280. The fraction of sp³-hybridized carbons (Fsp3) is 0.192. The summed E-state index contributed by atoms with van der Waals surface area (Å²) >= 11 is 3.51. The molecule has 168 valence electrons. The molecule has 0 unspecified atom stereocenters. The Morgan fingerprint density at radius 1 is 1.03 bits per heavy atom. The number of amides is 1. The van der Waals surface area contributed by atoms with Crippen LogP contribution in [-0.2, 0) is 0 Å². The second-order valence-corrected chi connectivity index (χ2v) is 8.99. The summed E-state index contributed by atoms with van der Waals surface area (Å²) < 4.78 is 7.92. The monoisotopic (exact) mass is 504 g/mol. The van der Waals surface area contributed by atoms with E-state index in [9.17, 15) is 4.79 Å². The predicted molar refractivity (Wildman–Crippen MR) is 134 cm³/mol. The van der Waals surface area contributed by atoms with E-state index in [1.165, 1.54) is 0 Å². The highest BCUT2D eigenvalue weighted by Gasteiger charge is 2.20. The smallest absolute Gasteiger partial charge is 0.295 e. The van der Waals surface area contributed by atoms with Crippen molar-refractivity contribution in [3.63, 3.8) is 0 Å². The molecule has 0 fully saturated rings. The van der Waals surface area contributed by atoms with Gasteiger partial charge in [0, 0.05) is 15.7 Å². The number of aryl methyl sites for hydroxylation is 1. The molecule has 3 aromatic carbocycles. The summed E-state index contributed by atoms with van der Waals surface area (Å²) in [5, 5.41) is 7.55. The first kappa shape index (κ1) is 22.7. The van der Waals surface area contributed by atoms with Crippen LogP contribution in [0.1, 0.15) is 41.5 Å². The molecule has 0 aliphatic heterocycles. The molecule has 1 amide bonds. The van der Waals surface area contributed by atoms with Crippen LogP contribution in [0.15, 0.2) is 71.2 Å². The van der Waals surface area contributed by atoms with Gasteiger partial charge in [-0.3, -0.25) is 4.79 Å². The third-order valence-corrected chi connectivity index (χ3v) is 5.81. The van der Waals surface area contributed by atoms with Crippen LogP contribution in [0.4, 0.5) is 5.69 Å². The minimum Gasteiger partial charge on any atom is -0.497 e. The van der Waals surface area contributed by atoms with Gasteiger partial charge in [0.15, 0.2) is 5.82 Å². The average Bonchev–Trinajstić information content (AvgIpc) is 3.26. The first-order chi connectivity index (χ1) is 15.9. The van der Waals surface area contributed by atoms with E-state index in [1.807, 2.05) is 73.7 Å². The molecule has 6 nitrogen and oxygen atoms in total. The molecule has 0 bridgehead atoms. The van der Waals surface area contributed by atoms with Gasteiger partial charge in [-0.1, -0.05) is 59.6 Å². The number of hydrogen-bond donors (Lipinski definition) is 1. The molecule has 1 aromatic heterocycles. The number of carbonyl (C=O) groups is 1. The molecule has 1 N–H and O–H groups in total. The average molecular weight is 505 g/mol. The SMILES string of the molecule is COc1ccc(-n2nc(C(=O)Nc3ccc(Br)cc3C(C)C)nc2-c2ccc(C)cc2)cc1. The van der Waals surface area contributed by atoms with Crippen LogP contribution >= 0.6 is 15.9 Å². The van der Waals surface area contributed by atoms with E-state index in [4.69, 9.17) is 4.74 Å². The second kappa shape index (κ2) is 9.58. The zero-order valence-corrected chi connectivity index (χ0v) is 20.6. The van der Waals surface area contributed by atoms with Crippen LogP contribution in [0.25, 0.3) is 17.1 Å². The van der Waals surface area contributed by atoms with Crippen molar-refractivity contribution in [2.45, 2.75) is 26.7 Å². The number of benzene rings is 3. The van der Waals surface area contributed by atoms with Crippen molar-refractivity contribution in [3.05, 3.63) is 88.2 Å². The Balaban J connectivity index is 1.74. The van der Waals surface area contributed by atoms with Crippen LogP contribution in [0.2, 0.25) is 0 Å². The van der Waals surface area contributed by atoms with E-state index >= 15 is 0 Å². The summed E-state index contributed by atoms with van der Waals surface area (Å²) in [5.74, 6) is 1.31. The Morgan fingerprint density at radius 2 is 1.73 bits per heavy atom. The number of ether oxygens (including phenoxy) is 1. The lowest BCUT2D eigenvalue weighted by Crippen LogP contribution is -2.16. The fourth-order valence-corrected chi connectivity index (χ4v) is 3.88. The van der Waals surface area contributed by atoms with Gasteiger partial charge in [-0.15, -0.1) is 5.10 Å². The molecular weight excluding hydrogens is 480 g/mol. The van der Waals surface area contributed by atoms with E-state index in [0.717, 1.165) is 38.3 Å². The molecule has 0 radical (unpaired) electrons. The summed E-state index contributed by atoms with van der Waals surface area (Å²) in [6, 6.07) is 21.3. The fourth-order valence-electron chi connectivity index (χ4n) is 3.50. The largest absolute Gasteiger partial charge is 0.497 e. The first-order valence-corrected chi connectivity index (χ1v) is 11.4. The van der Waals surface area contributed by atoms with Gasteiger partial charge < -0.3 is 10.1 Å². The molecule has 1 heterocycles. The summed E-state index contributed by atoms with van der Waals surface area (Å²) in [6.45, 7) is 6.20.